The van der Waals surface area contributed by atoms with E-state index in [-0.39, 0.29) is 54.2 Å². The Morgan fingerprint density at radius 3 is 1.99 bits per heavy atom. The van der Waals surface area contributed by atoms with Crippen LogP contribution in [0.1, 0.15) is 119 Å². The van der Waals surface area contributed by atoms with E-state index >= 15 is 0 Å². The molecule has 416 valence electrons. The van der Waals surface area contributed by atoms with Crippen LogP contribution in [0.3, 0.4) is 0 Å². The first-order valence-corrected chi connectivity index (χ1v) is 32.7. The summed E-state index contributed by atoms with van der Waals surface area (Å²) in [6, 6.07) is 6.99. The van der Waals surface area contributed by atoms with E-state index in [2.05, 4.69) is 126 Å². The molecule has 3 aliphatic heterocycles. The number of aliphatic hydroxyl groups excluding tert-OH is 2. The number of esters is 1. The molecule has 9 aliphatic rings. The van der Waals surface area contributed by atoms with Gasteiger partial charge < -0.3 is 35.2 Å². The van der Waals surface area contributed by atoms with E-state index in [0.29, 0.717) is 58.5 Å². The summed E-state index contributed by atoms with van der Waals surface area (Å²) in [4.78, 5) is 38.6. The summed E-state index contributed by atoms with van der Waals surface area (Å²) in [7, 11) is -0.332. The van der Waals surface area contributed by atoms with Gasteiger partial charge in [-0.1, -0.05) is 97.6 Å². The van der Waals surface area contributed by atoms with Crippen molar-refractivity contribution in [2.45, 2.75) is 189 Å². The van der Waals surface area contributed by atoms with Crippen LogP contribution in [-0.4, -0.2) is 109 Å². The number of benzene rings is 2. The highest BCUT2D eigenvalue weighted by Crippen LogP contribution is 2.62. The summed E-state index contributed by atoms with van der Waals surface area (Å²) in [5.74, 6) is 3.87. The van der Waals surface area contributed by atoms with Crippen LogP contribution in [0.4, 0.5) is 0 Å². The summed E-state index contributed by atoms with van der Waals surface area (Å²) in [5, 5.41) is 28.7. The Morgan fingerprint density at radius 1 is 0.905 bits per heavy atom. The van der Waals surface area contributed by atoms with Crippen molar-refractivity contribution in [1.82, 2.24) is 15.4 Å². The van der Waals surface area contributed by atoms with E-state index in [1.165, 1.54) is 19.3 Å². The van der Waals surface area contributed by atoms with Gasteiger partial charge in [0, 0.05) is 27.1 Å². The number of hydrogen-bond acceptors (Lipinski definition) is 12. The number of halogens is 4. The Bertz CT molecular complexity index is 2360. The zero-order valence-electron chi connectivity index (χ0n) is 46.4. The standard InChI is InChI=1S/C25H36ClIN2O5.C21H31ClINO4Si.C10H19N/c1-12-16-8-15(25(16,3)4)9-18(12)28-24(32)22-20(13(2)31)19(11-30)34-29(22)10-14-6-7-17(26)21(27)23(14)33-5;1-12-14(8-9-15(22)18(12)23)10-24-19-17(13(2)27-20(19)25)16(28-24)11-26-29(6,7)21(3,4)5;1-6-8-4-7(5-9(6)11)10(8,2)3/h6-7,12-13,15-16,18-20,22,30-31H,8-11H2,1-5H3,(H,28,32);8-9,13,16-17,19H,10-11H2,1-7H3;6-9H,4-5,11H2,1-3H3/t12-,13-,15+,16?,18-,19-,20+,22-;13-,16-,17+,19-;6-,7+,8-,9-/m000/s1. The maximum atomic E-state index is 13.7. The lowest BCUT2D eigenvalue weighted by Crippen LogP contribution is -2.62. The number of rotatable bonds is 12. The van der Waals surface area contributed by atoms with Crippen LogP contribution in [-0.2, 0) is 41.5 Å². The molecule has 9 fully saturated rings. The normalized spacial score (nSPS) is 35.2. The van der Waals surface area contributed by atoms with E-state index in [1.807, 2.05) is 32.0 Å². The van der Waals surface area contributed by atoms with Gasteiger partial charge in [-0.05, 0) is 179 Å². The number of ether oxygens (including phenoxy) is 2. The fourth-order valence-electron chi connectivity index (χ4n) is 13.4. The third-order valence-corrected chi connectivity index (χ3v) is 28.0. The number of cyclic esters (lactones) is 1. The molecular weight excluding hydrogens is 1230 g/mol. The Morgan fingerprint density at radius 2 is 1.46 bits per heavy atom. The molecule has 0 spiro atoms. The molecule has 16 atom stereocenters. The maximum Gasteiger partial charge on any atom is 0.326 e. The molecule has 5 N–H and O–H groups in total. The average Bonchev–Trinajstić information content (AvgIpc) is 3.99. The first-order chi connectivity index (χ1) is 34.4. The highest BCUT2D eigenvalue weighted by molar-refractivity contribution is 14.1. The molecule has 6 aliphatic carbocycles. The second kappa shape index (κ2) is 23.3. The lowest BCUT2D eigenvalue weighted by atomic mass is 9.45. The predicted molar refractivity (Wildman–Crippen MR) is 311 cm³/mol. The number of amides is 1. The number of nitrogens with one attached hydrogen (secondary N) is 1. The Hall–Kier alpha value is -0.883. The summed E-state index contributed by atoms with van der Waals surface area (Å²) in [6.07, 6.45) is 3.03. The van der Waals surface area contributed by atoms with Crippen LogP contribution < -0.4 is 15.8 Å². The highest BCUT2D eigenvalue weighted by Gasteiger charge is 2.59. The minimum atomic E-state index is -1.91. The molecule has 4 bridgehead atoms. The first-order valence-electron chi connectivity index (χ1n) is 26.9. The average molecular weight is 1310 g/mol. The van der Waals surface area contributed by atoms with Crippen LogP contribution in [0.25, 0.3) is 0 Å². The fourth-order valence-corrected chi connectivity index (χ4v) is 16.1. The third kappa shape index (κ3) is 11.8. The van der Waals surface area contributed by atoms with Crippen molar-refractivity contribution in [2.75, 3.05) is 20.3 Å². The molecule has 2 aromatic rings. The minimum Gasteiger partial charge on any atom is -0.495 e. The van der Waals surface area contributed by atoms with Crippen molar-refractivity contribution in [3.8, 4) is 5.75 Å². The quantitative estimate of drug-likeness (QED) is 0.0904. The SMILES string of the molecule is COc1c(CN2O[C@@H](CO)[C@@H]([C@H](C)O)[C@H]2C(=O)N[C@H]2C[C@H]3CC([C@@H]2C)C3(C)C)ccc(Cl)c1I.C[C@@H]1[C@@H](N)C[C@H]2C[C@@H]1C2(C)C.Cc1c(CN2O[C@@H](CO[Si](C)(C)C(C)(C)C)[C@H]3[C@H](C)OC(=O)[C@H]32)ccc(Cl)c1I. The van der Waals surface area contributed by atoms with Crippen molar-refractivity contribution in [2.24, 2.45) is 63.9 Å². The molecule has 11 rings (SSSR count). The van der Waals surface area contributed by atoms with Crippen LogP contribution in [0, 0.1) is 72.2 Å². The van der Waals surface area contributed by atoms with Gasteiger partial charge in [-0.15, -0.1) is 0 Å². The van der Waals surface area contributed by atoms with Crippen molar-refractivity contribution in [3.63, 3.8) is 0 Å². The number of hydroxylamine groups is 4. The minimum absolute atomic E-state index is 0.0288. The van der Waals surface area contributed by atoms with Gasteiger partial charge in [-0.3, -0.25) is 19.3 Å². The summed E-state index contributed by atoms with van der Waals surface area (Å²) < 4.78 is 19.4. The smallest absolute Gasteiger partial charge is 0.326 e. The number of aliphatic hydroxyl groups is 2. The number of carbonyl (C=O) groups is 2. The molecule has 3 heterocycles. The molecule has 0 radical (unpaired) electrons. The van der Waals surface area contributed by atoms with Gasteiger partial charge in [0.15, 0.2) is 8.32 Å². The predicted octanol–water partition coefficient (Wildman–Crippen LogP) is 11.0. The third-order valence-electron chi connectivity index (χ3n) is 19.8. The van der Waals surface area contributed by atoms with E-state index in [1.54, 1.807) is 30.2 Å². The van der Waals surface area contributed by atoms with Crippen molar-refractivity contribution in [3.05, 3.63) is 58.1 Å². The molecular formula is C56H86Cl2I2N4O9Si. The molecule has 3 saturated heterocycles. The van der Waals surface area contributed by atoms with E-state index < -0.39 is 38.5 Å². The molecule has 1 unspecified atom stereocenters. The van der Waals surface area contributed by atoms with Crippen LogP contribution in [0.15, 0.2) is 24.3 Å². The molecule has 6 saturated carbocycles. The second-order valence-corrected chi connectivity index (χ2v) is 33.3. The van der Waals surface area contributed by atoms with Gasteiger partial charge >= 0.3 is 5.97 Å². The van der Waals surface area contributed by atoms with E-state index in [4.69, 9.17) is 52.5 Å². The van der Waals surface area contributed by atoms with Crippen LogP contribution >= 0.6 is 68.4 Å². The monoisotopic (exact) mass is 1310 g/mol. The Labute approximate surface area is 480 Å². The largest absolute Gasteiger partial charge is 0.495 e. The number of hydrogen-bond donors (Lipinski definition) is 4. The van der Waals surface area contributed by atoms with Gasteiger partial charge in [0.25, 0.3) is 0 Å². The van der Waals surface area contributed by atoms with Gasteiger partial charge in [-0.25, -0.2) is 0 Å². The molecule has 0 aromatic heterocycles. The summed E-state index contributed by atoms with van der Waals surface area (Å²) in [5.41, 5.74) is 9.97. The first kappa shape index (κ1) is 60.8. The molecule has 18 heteroatoms. The Balaban J connectivity index is 0.000000180. The number of nitrogens with two attached hydrogens (primary N) is 1. The second-order valence-electron chi connectivity index (χ2n) is 25.5. The maximum absolute atomic E-state index is 13.7. The Kier molecular flexibility index (Phi) is 19.1. The van der Waals surface area contributed by atoms with Crippen molar-refractivity contribution < 1.29 is 43.4 Å². The zero-order valence-corrected chi connectivity index (χ0v) is 53.3. The van der Waals surface area contributed by atoms with Crippen molar-refractivity contribution >= 4 is 88.6 Å². The molecule has 1 amide bonds. The van der Waals surface area contributed by atoms with Gasteiger partial charge in [0.1, 0.15) is 36.1 Å². The number of fused-ring (bicyclic) bond motifs is 5. The number of carbonyl (C=O) groups excluding carboxylic acids is 2. The van der Waals surface area contributed by atoms with Crippen LogP contribution in [0.2, 0.25) is 28.2 Å². The lowest BCUT2D eigenvalue weighted by Gasteiger charge is -2.62. The topological polar surface area (TPSA) is 165 Å². The zero-order chi connectivity index (χ0) is 54.9. The molecule has 74 heavy (non-hydrogen) atoms. The summed E-state index contributed by atoms with van der Waals surface area (Å²) >= 11 is 16.9. The van der Waals surface area contributed by atoms with E-state index in [9.17, 15) is 19.8 Å². The molecule has 2 aromatic carbocycles. The van der Waals surface area contributed by atoms with Crippen LogP contribution in [0.5, 0.6) is 5.75 Å². The lowest BCUT2D eigenvalue weighted by molar-refractivity contribution is -0.195. The number of nitrogens with zero attached hydrogens (tertiary/aromatic N) is 2. The van der Waals surface area contributed by atoms with Gasteiger partial charge in [0.05, 0.1) is 59.1 Å². The molecule has 13 nitrogen and oxygen atoms in total. The van der Waals surface area contributed by atoms with Crippen molar-refractivity contribution in [1.29, 1.82) is 0 Å². The number of methoxy groups -OCH3 is 1. The fraction of sp³-hybridized carbons (Fsp3) is 0.750. The van der Waals surface area contributed by atoms with E-state index in [0.717, 1.165) is 53.0 Å². The van der Waals surface area contributed by atoms with Gasteiger partial charge in [0.2, 0.25) is 5.91 Å². The van der Waals surface area contributed by atoms with Gasteiger partial charge in [-0.2, -0.15) is 10.1 Å². The highest BCUT2D eigenvalue weighted by atomic mass is 127. The summed E-state index contributed by atoms with van der Waals surface area (Å²) in [6.45, 7) is 31.8.